The lowest BCUT2D eigenvalue weighted by atomic mass is 10.2. The Kier molecular flexibility index (Phi) is 10.8. The molecule has 3 nitrogen and oxygen atoms in total. The van der Waals surface area contributed by atoms with Crippen molar-refractivity contribution in [1.29, 1.82) is 0 Å². The topological polar surface area (TPSA) is 41.1 Å². The fourth-order valence-corrected chi connectivity index (χ4v) is 2.87. The van der Waals surface area contributed by atoms with E-state index in [4.69, 9.17) is 0 Å². The van der Waals surface area contributed by atoms with Crippen molar-refractivity contribution in [3.05, 3.63) is 0 Å². The summed E-state index contributed by atoms with van der Waals surface area (Å²) in [7, 11) is 0. The molecular weight excluding hydrogens is 264 g/mol. The van der Waals surface area contributed by atoms with Crippen LogP contribution in [-0.4, -0.2) is 48.6 Å². The van der Waals surface area contributed by atoms with E-state index in [2.05, 4.69) is 16.9 Å². The fraction of sp³-hybridized carbons (Fsp3) is 0.900. The molecule has 0 bridgehead atoms. The third-order valence-corrected chi connectivity index (χ3v) is 4.11. The lowest BCUT2D eigenvalue weighted by molar-refractivity contribution is -0.121. The number of rotatable bonds is 6. The Morgan fingerprint density at radius 2 is 2.44 bits per heavy atom. The van der Waals surface area contributed by atoms with Crippen LogP contribution in [0.1, 0.15) is 12.8 Å². The van der Waals surface area contributed by atoms with E-state index >= 15 is 0 Å². The molecule has 16 heavy (non-hydrogen) atoms. The van der Waals surface area contributed by atoms with E-state index < -0.39 is 0 Å². The highest BCUT2D eigenvalue weighted by Gasteiger charge is 2.15. The molecule has 1 rings (SSSR count). The molecule has 2 N–H and O–H groups in total. The molecule has 0 saturated carbocycles. The van der Waals surface area contributed by atoms with Gasteiger partial charge in [0.15, 0.2) is 0 Å². The summed E-state index contributed by atoms with van der Waals surface area (Å²) in [4.78, 5) is 11.5. The first-order chi connectivity index (χ1) is 7.33. The van der Waals surface area contributed by atoms with Crippen LogP contribution >= 0.6 is 35.9 Å². The number of hydrogen-bond donors (Lipinski definition) is 2. The molecule has 0 aromatic rings. The minimum absolute atomic E-state index is 0. The summed E-state index contributed by atoms with van der Waals surface area (Å²) in [6, 6.07) is 0.379. The van der Waals surface area contributed by atoms with Crippen molar-refractivity contribution in [2.45, 2.75) is 18.9 Å². The van der Waals surface area contributed by atoms with Gasteiger partial charge in [-0.15, -0.1) is 12.4 Å². The minimum Gasteiger partial charge on any atom is -0.356 e. The zero-order valence-electron chi connectivity index (χ0n) is 9.66. The Morgan fingerprint density at radius 3 is 3.06 bits per heavy atom. The normalized spacial score (nSPS) is 19.9. The van der Waals surface area contributed by atoms with E-state index in [9.17, 15) is 4.79 Å². The highest BCUT2D eigenvalue weighted by molar-refractivity contribution is 7.99. The van der Waals surface area contributed by atoms with Crippen LogP contribution in [0.4, 0.5) is 0 Å². The summed E-state index contributed by atoms with van der Waals surface area (Å²) in [5.74, 6) is 3.55. The van der Waals surface area contributed by atoms with Crippen LogP contribution in [0.5, 0.6) is 0 Å². The van der Waals surface area contributed by atoms with Gasteiger partial charge in [-0.1, -0.05) is 0 Å². The van der Waals surface area contributed by atoms with E-state index in [1.54, 1.807) is 0 Å². The number of hydrogen-bond acceptors (Lipinski definition) is 4. The molecule has 0 aromatic carbocycles. The van der Waals surface area contributed by atoms with Crippen LogP contribution in [0.2, 0.25) is 0 Å². The van der Waals surface area contributed by atoms with E-state index in [-0.39, 0.29) is 18.3 Å². The highest BCUT2D eigenvalue weighted by Crippen LogP contribution is 2.09. The molecule has 1 aliphatic rings. The molecule has 6 heteroatoms. The van der Waals surface area contributed by atoms with Gasteiger partial charge in [0, 0.05) is 37.1 Å². The Balaban J connectivity index is 0.00000225. The second-order valence-corrected chi connectivity index (χ2v) is 5.76. The Morgan fingerprint density at radius 1 is 1.62 bits per heavy atom. The lowest BCUT2D eigenvalue weighted by Crippen LogP contribution is -2.41. The largest absolute Gasteiger partial charge is 0.356 e. The molecule has 96 valence electrons. The van der Waals surface area contributed by atoms with Gasteiger partial charge in [-0.05, 0) is 18.4 Å². The van der Waals surface area contributed by atoms with Crippen molar-refractivity contribution in [3.63, 3.8) is 0 Å². The van der Waals surface area contributed by atoms with Crippen molar-refractivity contribution < 1.29 is 4.79 Å². The van der Waals surface area contributed by atoms with Crippen LogP contribution in [0, 0.1) is 0 Å². The van der Waals surface area contributed by atoms with Gasteiger partial charge in [0.1, 0.15) is 0 Å². The van der Waals surface area contributed by atoms with Gasteiger partial charge >= 0.3 is 0 Å². The molecule has 1 atom stereocenters. The first-order valence-electron chi connectivity index (χ1n) is 5.39. The van der Waals surface area contributed by atoms with Crippen molar-refractivity contribution in [2.75, 3.05) is 36.6 Å². The van der Waals surface area contributed by atoms with Gasteiger partial charge in [0.25, 0.3) is 0 Å². The Hall–Kier alpha value is 0.420. The predicted octanol–water partition coefficient (Wildman–Crippen LogP) is 1.37. The summed E-state index contributed by atoms with van der Waals surface area (Å²) >= 11 is 3.75. The second kappa shape index (κ2) is 10.6. The van der Waals surface area contributed by atoms with Crippen LogP contribution in [-0.2, 0) is 4.79 Å². The molecule has 1 amide bonds. The standard InChI is InChI=1S/C10H20N2OS2.ClH/c1-14-5-2-3-12-10(13)7-9-8-15-6-4-11-9;/h9,11H,2-8H2,1H3,(H,12,13);1H. The maximum absolute atomic E-state index is 11.5. The van der Waals surface area contributed by atoms with E-state index in [0.29, 0.717) is 12.5 Å². The number of thioether (sulfide) groups is 2. The molecule has 0 spiro atoms. The number of carbonyl (C=O) groups excluding carboxylic acids is 1. The predicted molar refractivity (Wildman–Crippen MR) is 77.0 cm³/mol. The van der Waals surface area contributed by atoms with Gasteiger partial charge in [-0.3, -0.25) is 4.79 Å². The molecule has 1 heterocycles. The van der Waals surface area contributed by atoms with Crippen molar-refractivity contribution in [2.24, 2.45) is 0 Å². The average Bonchev–Trinajstić information content (AvgIpc) is 2.26. The van der Waals surface area contributed by atoms with Crippen LogP contribution < -0.4 is 10.6 Å². The van der Waals surface area contributed by atoms with Crippen LogP contribution in [0.15, 0.2) is 0 Å². The zero-order valence-corrected chi connectivity index (χ0v) is 12.1. The summed E-state index contributed by atoms with van der Waals surface area (Å²) in [6.45, 7) is 1.86. The minimum atomic E-state index is 0. The number of amides is 1. The molecule has 1 aliphatic heterocycles. The first kappa shape index (κ1) is 16.4. The number of nitrogens with one attached hydrogen (secondary N) is 2. The van der Waals surface area contributed by atoms with Crippen molar-refractivity contribution in [1.82, 2.24) is 10.6 Å². The first-order valence-corrected chi connectivity index (χ1v) is 7.94. The van der Waals surface area contributed by atoms with Crippen molar-refractivity contribution >= 4 is 41.8 Å². The third kappa shape index (κ3) is 7.65. The fourth-order valence-electron chi connectivity index (χ4n) is 1.49. The van der Waals surface area contributed by atoms with E-state index in [0.717, 1.165) is 31.0 Å². The second-order valence-electron chi connectivity index (χ2n) is 3.63. The average molecular weight is 285 g/mol. The third-order valence-electron chi connectivity index (χ3n) is 2.28. The molecule has 1 saturated heterocycles. The van der Waals surface area contributed by atoms with Gasteiger partial charge in [0.2, 0.25) is 5.91 Å². The Labute approximate surface area is 113 Å². The SMILES string of the molecule is CSCCCNC(=O)CC1CSCCN1.Cl. The van der Waals surface area contributed by atoms with Gasteiger partial charge in [-0.2, -0.15) is 23.5 Å². The smallest absolute Gasteiger partial charge is 0.221 e. The van der Waals surface area contributed by atoms with E-state index in [1.165, 1.54) is 5.75 Å². The van der Waals surface area contributed by atoms with E-state index in [1.807, 2.05) is 23.5 Å². The molecule has 1 unspecified atom stereocenters. The number of carbonyl (C=O) groups is 1. The maximum Gasteiger partial charge on any atom is 0.221 e. The summed E-state index contributed by atoms with van der Waals surface area (Å²) in [5, 5.41) is 6.33. The zero-order chi connectivity index (χ0) is 10.9. The molecular formula is C10H21ClN2OS2. The highest BCUT2D eigenvalue weighted by atomic mass is 35.5. The van der Waals surface area contributed by atoms with Gasteiger partial charge < -0.3 is 10.6 Å². The molecule has 0 aromatic heterocycles. The molecule has 0 aliphatic carbocycles. The summed E-state index contributed by atoms with van der Waals surface area (Å²) < 4.78 is 0. The summed E-state index contributed by atoms with van der Waals surface area (Å²) in [6.07, 6.45) is 3.79. The maximum atomic E-state index is 11.5. The molecule has 1 fully saturated rings. The Bertz CT molecular complexity index is 190. The van der Waals surface area contributed by atoms with Crippen LogP contribution in [0.3, 0.4) is 0 Å². The summed E-state index contributed by atoms with van der Waals surface area (Å²) in [5.41, 5.74) is 0. The van der Waals surface area contributed by atoms with Crippen LogP contribution in [0.25, 0.3) is 0 Å². The molecule has 0 radical (unpaired) electrons. The monoisotopic (exact) mass is 284 g/mol. The van der Waals surface area contributed by atoms with Gasteiger partial charge in [0.05, 0.1) is 0 Å². The lowest BCUT2D eigenvalue weighted by Gasteiger charge is -2.22. The number of halogens is 1. The van der Waals surface area contributed by atoms with Gasteiger partial charge in [-0.25, -0.2) is 0 Å². The van der Waals surface area contributed by atoms with Crippen molar-refractivity contribution in [3.8, 4) is 0 Å². The quantitative estimate of drug-likeness (QED) is 0.723.